The molecule has 21 heavy (non-hydrogen) atoms. The summed E-state index contributed by atoms with van der Waals surface area (Å²) in [6.07, 6.45) is 1.44. The first kappa shape index (κ1) is 17.0. The highest BCUT2D eigenvalue weighted by Crippen LogP contribution is 2.31. The summed E-state index contributed by atoms with van der Waals surface area (Å²) in [5.74, 6) is -1.20. The molecule has 3 nitrogen and oxygen atoms in total. The number of hydrogen-bond acceptors (Lipinski definition) is 2. The van der Waals surface area contributed by atoms with Crippen molar-refractivity contribution in [1.29, 1.82) is 5.26 Å². The highest BCUT2D eigenvalue weighted by atomic mass is 16.4. The number of hydrogen-bond donors (Lipinski definition) is 1. The second-order valence-electron chi connectivity index (χ2n) is 7.32. The Labute approximate surface area is 126 Å². The molecule has 1 aromatic carbocycles. The van der Waals surface area contributed by atoms with E-state index in [0.717, 1.165) is 16.7 Å². The Bertz CT molecular complexity index is 588. The van der Waals surface area contributed by atoms with Gasteiger partial charge in [0.05, 0.1) is 0 Å². The molecule has 0 spiro atoms. The summed E-state index contributed by atoms with van der Waals surface area (Å²) < 4.78 is 0. The fraction of sp³-hybridized carbons (Fsp3) is 0.444. The SMILES string of the molecule is CC(C)(C)c1cc(C=C(C#N)C(=O)O)cc(C(C)(C)C)c1. The lowest BCUT2D eigenvalue weighted by atomic mass is 9.79. The summed E-state index contributed by atoms with van der Waals surface area (Å²) in [7, 11) is 0. The van der Waals surface area contributed by atoms with Gasteiger partial charge in [0.25, 0.3) is 0 Å². The zero-order chi connectivity index (χ0) is 16.4. The van der Waals surface area contributed by atoms with Crippen LogP contribution in [0, 0.1) is 11.3 Å². The Kier molecular flexibility index (Phi) is 4.63. The molecule has 0 fully saturated rings. The third-order valence-electron chi connectivity index (χ3n) is 3.35. The molecule has 0 aliphatic rings. The fourth-order valence-electron chi connectivity index (χ4n) is 1.91. The minimum absolute atomic E-state index is 0.0418. The van der Waals surface area contributed by atoms with Crippen LogP contribution in [0.25, 0.3) is 6.08 Å². The van der Waals surface area contributed by atoms with Crippen molar-refractivity contribution in [2.45, 2.75) is 52.4 Å². The van der Waals surface area contributed by atoms with E-state index in [1.807, 2.05) is 12.1 Å². The molecule has 0 aliphatic carbocycles. The van der Waals surface area contributed by atoms with Crippen LogP contribution in [0.1, 0.15) is 58.2 Å². The van der Waals surface area contributed by atoms with E-state index in [9.17, 15) is 4.79 Å². The van der Waals surface area contributed by atoms with Crippen LogP contribution in [0.4, 0.5) is 0 Å². The van der Waals surface area contributed by atoms with Gasteiger partial charge < -0.3 is 5.11 Å². The number of aliphatic carboxylic acids is 1. The standard InChI is InChI=1S/C18H23NO2/c1-17(2,3)14-8-12(7-13(11-19)16(20)21)9-15(10-14)18(4,5)6/h7-10H,1-6H3,(H,20,21). The largest absolute Gasteiger partial charge is 0.477 e. The van der Waals surface area contributed by atoms with Crippen molar-refractivity contribution in [2.24, 2.45) is 0 Å². The lowest BCUT2D eigenvalue weighted by Crippen LogP contribution is -2.16. The third kappa shape index (κ3) is 4.46. The molecule has 0 unspecified atom stereocenters. The van der Waals surface area contributed by atoms with Gasteiger partial charge in [0, 0.05) is 0 Å². The van der Waals surface area contributed by atoms with Crippen LogP contribution in [-0.4, -0.2) is 11.1 Å². The van der Waals surface area contributed by atoms with E-state index >= 15 is 0 Å². The highest BCUT2D eigenvalue weighted by Gasteiger charge is 2.20. The van der Waals surface area contributed by atoms with E-state index in [0.29, 0.717) is 0 Å². The number of benzene rings is 1. The number of carbonyl (C=O) groups is 1. The van der Waals surface area contributed by atoms with Gasteiger partial charge in [-0.1, -0.05) is 59.7 Å². The molecule has 0 heterocycles. The molecule has 0 aromatic heterocycles. The molecular formula is C18H23NO2. The van der Waals surface area contributed by atoms with Gasteiger partial charge in [-0.25, -0.2) is 4.79 Å². The first-order valence-electron chi connectivity index (χ1n) is 6.96. The normalized spacial score (nSPS) is 12.9. The number of rotatable bonds is 2. The smallest absolute Gasteiger partial charge is 0.346 e. The Morgan fingerprint density at radius 3 is 1.76 bits per heavy atom. The molecular weight excluding hydrogens is 262 g/mol. The van der Waals surface area contributed by atoms with Gasteiger partial charge in [-0.05, 0) is 33.6 Å². The van der Waals surface area contributed by atoms with E-state index in [-0.39, 0.29) is 16.4 Å². The van der Waals surface area contributed by atoms with E-state index < -0.39 is 5.97 Å². The van der Waals surface area contributed by atoms with Crippen LogP contribution >= 0.6 is 0 Å². The minimum Gasteiger partial charge on any atom is -0.477 e. The summed E-state index contributed by atoms with van der Waals surface area (Å²) in [6, 6.07) is 7.79. The highest BCUT2D eigenvalue weighted by molar-refractivity contribution is 5.96. The maximum Gasteiger partial charge on any atom is 0.346 e. The van der Waals surface area contributed by atoms with Crippen molar-refractivity contribution < 1.29 is 9.90 Å². The quantitative estimate of drug-likeness (QED) is 0.652. The predicted molar refractivity (Wildman–Crippen MR) is 85.1 cm³/mol. The molecule has 0 radical (unpaired) electrons. The number of nitrogens with zero attached hydrogens (tertiary/aromatic N) is 1. The lowest BCUT2D eigenvalue weighted by Gasteiger charge is -2.25. The van der Waals surface area contributed by atoms with E-state index in [4.69, 9.17) is 10.4 Å². The van der Waals surface area contributed by atoms with Crippen molar-refractivity contribution in [3.8, 4) is 6.07 Å². The first-order chi connectivity index (χ1) is 9.45. The first-order valence-corrected chi connectivity index (χ1v) is 6.96. The van der Waals surface area contributed by atoms with Crippen molar-refractivity contribution in [1.82, 2.24) is 0 Å². The zero-order valence-electron chi connectivity index (χ0n) is 13.6. The molecule has 1 aromatic rings. The van der Waals surface area contributed by atoms with Crippen molar-refractivity contribution >= 4 is 12.0 Å². The lowest BCUT2D eigenvalue weighted by molar-refractivity contribution is -0.132. The van der Waals surface area contributed by atoms with Gasteiger partial charge in [0.2, 0.25) is 0 Å². The van der Waals surface area contributed by atoms with Gasteiger partial charge in [-0.15, -0.1) is 0 Å². The average Bonchev–Trinajstić information content (AvgIpc) is 2.33. The van der Waals surface area contributed by atoms with E-state index in [1.54, 1.807) is 6.07 Å². The van der Waals surface area contributed by atoms with Crippen LogP contribution < -0.4 is 0 Å². The molecule has 0 atom stereocenters. The molecule has 112 valence electrons. The Balaban J connectivity index is 3.54. The van der Waals surface area contributed by atoms with Crippen LogP contribution in [-0.2, 0) is 15.6 Å². The molecule has 1 N–H and O–H groups in total. The van der Waals surface area contributed by atoms with Crippen LogP contribution in [0.15, 0.2) is 23.8 Å². The van der Waals surface area contributed by atoms with Gasteiger partial charge in [-0.3, -0.25) is 0 Å². The number of carboxylic acids is 1. The molecule has 0 amide bonds. The van der Waals surface area contributed by atoms with Crippen LogP contribution in [0.5, 0.6) is 0 Å². The summed E-state index contributed by atoms with van der Waals surface area (Å²) >= 11 is 0. The monoisotopic (exact) mass is 285 g/mol. The third-order valence-corrected chi connectivity index (χ3v) is 3.35. The van der Waals surface area contributed by atoms with E-state index in [1.165, 1.54) is 6.08 Å². The maximum atomic E-state index is 11.0. The van der Waals surface area contributed by atoms with E-state index in [2.05, 4.69) is 47.6 Å². The van der Waals surface area contributed by atoms with Gasteiger partial charge >= 0.3 is 5.97 Å². The predicted octanol–water partition coefficient (Wildman–Crippen LogP) is 4.27. The number of nitriles is 1. The molecule has 3 heteroatoms. The summed E-state index contributed by atoms with van der Waals surface area (Å²) in [5.41, 5.74) is 2.68. The average molecular weight is 285 g/mol. The van der Waals surface area contributed by atoms with Crippen LogP contribution in [0.3, 0.4) is 0 Å². The topological polar surface area (TPSA) is 61.1 Å². The molecule has 0 saturated carbocycles. The Morgan fingerprint density at radius 1 is 1.05 bits per heavy atom. The van der Waals surface area contributed by atoms with Gasteiger partial charge in [-0.2, -0.15) is 5.26 Å². The second-order valence-corrected chi connectivity index (χ2v) is 7.32. The molecule has 0 aliphatic heterocycles. The Morgan fingerprint density at radius 2 is 1.48 bits per heavy atom. The van der Waals surface area contributed by atoms with Gasteiger partial charge in [0.1, 0.15) is 11.6 Å². The molecule has 0 bridgehead atoms. The van der Waals surface area contributed by atoms with Crippen molar-refractivity contribution in [3.63, 3.8) is 0 Å². The minimum atomic E-state index is -1.20. The Hall–Kier alpha value is -2.08. The summed E-state index contributed by atoms with van der Waals surface area (Å²) in [6.45, 7) is 12.7. The summed E-state index contributed by atoms with van der Waals surface area (Å²) in [5, 5.41) is 17.9. The molecule has 1 rings (SSSR count). The van der Waals surface area contributed by atoms with Crippen LogP contribution in [0.2, 0.25) is 0 Å². The van der Waals surface area contributed by atoms with Crippen molar-refractivity contribution in [3.05, 3.63) is 40.5 Å². The van der Waals surface area contributed by atoms with Gasteiger partial charge in [0.15, 0.2) is 0 Å². The molecule has 0 saturated heterocycles. The maximum absolute atomic E-state index is 11.0. The number of carboxylic acid groups (broad SMARTS) is 1. The second kappa shape index (κ2) is 5.73. The van der Waals surface area contributed by atoms with Crippen molar-refractivity contribution in [2.75, 3.05) is 0 Å². The summed E-state index contributed by atoms with van der Waals surface area (Å²) in [4.78, 5) is 11.0. The zero-order valence-corrected chi connectivity index (χ0v) is 13.6. The fourth-order valence-corrected chi connectivity index (χ4v) is 1.91.